The first-order valence-corrected chi connectivity index (χ1v) is 7.15. The Labute approximate surface area is 133 Å². The second-order valence-electron chi connectivity index (χ2n) is 4.70. The Balaban J connectivity index is 2.28. The van der Waals surface area contributed by atoms with Crippen molar-refractivity contribution in [3.8, 4) is 28.8 Å². The molecule has 0 radical (unpaired) electrons. The maximum absolute atomic E-state index is 5.69. The predicted molar refractivity (Wildman–Crippen MR) is 86.4 cm³/mol. The fourth-order valence-electron chi connectivity index (χ4n) is 2.34. The summed E-state index contributed by atoms with van der Waals surface area (Å²) in [6.07, 6.45) is 1.67. The number of aromatic nitrogens is 2. The van der Waals surface area contributed by atoms with E-state index in [-0.39, 0.29) is 0 Å². The van der Waals surface area contributed by atoms with Crippen molar-refractivity contribution in [3.05, 3.63) is 42.3 Å². The van der Waals surface area contributed by atoms with Crippen LogP contribution in [0.3, 0.4) is 0 Å². The average molecular weight is 316 g/mol. The van der Waals surface area contributed by atoms with Gasteiger partial charge in [0.2, 0.25) is 0 Å². The van der Waals surface area contributed by atoms with E-state index in [4.69, 9.17) is 13.9 Å². The summed E-state index contributed by atoms with van der Waals surface area (Å²) in [4.78, 5) is 4.41. The summed E-state index contributed by atoms with van der Waals surface area (Å²) in [5.74, 6) is 3.44. The Morgan fingerprint density at radius 1 is 1.09 bits per heavy atom. The van der Waals surface area contributed by atoms with Gasteiger partial charge >= 0.3 is 0 Å². The van der Waals surface area contributed by atoms with Crippen LogP contribution in [0.1, 0.15) is 5.76 Å². The van der Waals surface area contributed by atoms with Gasteiger partial charge in [-0.05, 0) is 31.2 Å². The lowest BCUT2D eigenvalue weighted by Gasteiger charge is -2.16. The minimum Gasteiger partial charge on any atom is -0.494 e. The van der Waals surface area contributed by atoms with Gasteiger partial charge in [0.1, 0.15) is 22.9 Å². The van der Waals surface area contributed by atoms with Crippen LogP contribution in [0.2, 0.25) is 0 Å². The van der Waals surface area contributed by atoms with Crippen LogP contribution in [0.15, 0.2) is 46.0 Å². The molecule has 2 heterocycles. The lowest BCUT2D eigenvalue weighted by atomic mass is 10.2. The van der Waals surface area contributed by atoms with E-state index in [0.29, 0.717) is 28.1 Å². The lowest BCUT2D eigenvalue weighted by molar-refractivity contribution is 0.390. The molecule has 0 spiro atoms. The molecular weight excluding hydrogens is 300 g/mol. The smallest absolute Gasteiger partial charge is 0.181 e. The second-order valence-corrected chi connectivity index (χ2v) is 5.16. The monoisotopic (exact) mass is 316 g/mol. The fourth-order valence-corrected chi connectivity index (χ4v) is 2.60. The van der Waals surface area contributed by atoms with Crippen LogP contribution in [0, 0.1) is 6.92 Å². The first-order chi connectivity index (χ1) is 10.7. The van der Waals surface area contributed by atoms with Crippen molar-refractivity contribution in [2.24, 2.45) is 0 Å². The maximum Gasteiger partial charge on any atom is 0.181 e. The number of nitrogens with zero attached hydrogens (tertiary/aromatic N) is 2. The zero-order valence-corrected chi connectivity index (χ0v) is 13.4. The largest absolute Gasteiger partial charge is 0.494 e. The molecule has 0 bridgehead atoms. The van der Waals surface area contributed by atoms with Gasteiger partial charge in [0.25, 0.3) is 0 Å². The molecule has 0 saturated carbocycles. The van der Waals surface area contributed by atoms with Gasteiger partial charge in [0.05, 0.1) is 25.4 Å². The SMILES string of the molecule is COc1cccc(OC)c1-n1c(S)cnc1-c1ccc(C)o1. The van der Waals surface area contributed by atoms with Gasteiger partial charge in [0, 0.05) is 0 Å². The summed E-state index contributed by atoms with van der Waals surface area (Å²) < 4.78 is 18.5. The molecule has 3 rings (SSSR count). The third-order valence-corrected chi connectivity index (χ3v) is 3.64. The summed E-state index contributed by atoms with van der Waals surface area (Å²) in [7, 11) is 3.23. The van der Waals surface area contributed by atoms with Gasteiger partial charge in [-0.3, -0.25) is 4.57 Å². The van der Waals surface area contributed by atoms with Crippen molar-refractivity contribution in [1.29, 1.82) is 0 Å². The van der Waals surface area contributed by atoms with Crippen molar-refractivity contribution >= 4 is 12.6 Å². The zero-order valence-electron chi connectivity index (χ0n) is 12.5. The number of hydrogen-bond acceptors (Lipinski definition) is 5. The number of hydrogen-bond donors (Lipinski definition) is 1. The van der Waals surface area contributed by atoms with Crippen molar-refractivity contribution in [3.63, 3.8) is 0 Å². The van der Waals surface area contributed by atoms with E-state index in [9.17, 15) is 0 Å². The molecule has 0 aliphatic carbocycles. The van der Waals surface area contributed by atoms with Gasteiger partial charge in [-0.1, -0.05) is 6.07 Å². The molecule has 0 aliphatic heterocycles. The highest BCUT2D eigenvalue weighted by Gasteiger charge is 2.20. The second kappa shape index (κ2) is 5.81. The van der Waals surface area contributed by atoms with Gasteiger partial charge in [-0.15, -0.1) is 12.6 Å². The summed E-state index contributed by atoms with van der Waals surface area (Å²) in [6.45, 7) is 1.89. The lowest BCUT2D eigenvalue weighted by Crippen LogP contribution is -2.03. The van der Waals surface area contributed by atoms with Gasteiger partial charge < -0.3 is 13.9 Å². The Bertz CT molecular complexity index is 785. The zero-order chi connectivity index (χ0) is 15.7. The van der Waals surface area contributed by atoms with E-state index in [2.05, 4.69) is 17.6 Å². The molecule has 0 aliphatic rings. The topological polar surface area (TPSA) is 49.4 Å². The first-order valence-electron chi connectivity index (χ1n) is 6.70. The number of benzene rings is 1. The van der Waals surface area contributed by atoms with E-state index >= 15 is 0 Å². The number of aryl methyl sites for hydroxylation is 1. The molecule has 2 aromatic heterocycles. The summed E-state index contributed by atoms with van der Waals surface area (Å²) >= 11 is 4.51. The van der Waals surface area contributed by atoms with Crippen LogP contribution in [0.5, 0.6) is 11.5 Å². The Hall–Kier alpha value is -2.34. The standard InChI is InChI=1S/C16H16N2O3S/c1-10-7-8-13(21-10)16-17-9-14(22)18(16)15-11(19-2)5-4-6-12(15)20-3/h4-9,22H,1-3H3. The molecular formula is C16H16N2O3S. The number of para-hydroxylation sites is 1. The Morgan fingerprint density at radius 3 is 2.32 bits per heavy atom. The third-order valence-electron chi connectivity index (χ3n) is 3.33. The van der Waals surface area contributed by atoms with Crippen LogP contribution in [0.25, 0.3) is 17.3 Å². The normalized spacial score (nSPS) is 10.7. The van der Waals surface area contributed by atoms with Crippen LogP contribution in [0.4, 0.5) is 0 Å². The number of rotatable bonds is 4. The molecule has 0 atom stereocenters. The summed E-state index contributed by atoms with van der Waals surface area (Å²) in [5, 5.41) is 0.659. The van der Waals surface area contributed by atoms with Crippen molar-refractivity contribution < 1.29 is 13.9 Å². The third kappa shape index (κ3) is 2.35. The van der Waals surface area contributed by atoms with Crippen LogP contribution in [-0.2, 0) is 0 Å². The fraction of sp³-hybridized carbons (Fsp3) is 0.188. The minimum atomic E-state index is 0.640. The molecule has 0 fully saturated rings. The van der Waals surface area contributed by atoms with E-state index in [1.807, 2.05) is 41.8 Å². The molecule has 3 aromatic rings. The summed E-state index contributed by atoms with van der Waals surface area (Å²) in [6, 6.07) is 9.37. The highest BCUT2D eigenvalue weighted by atomic mass is 32.1. The molecule has 1 aromatic carbocycles. The summed E-state index contributed by atoms with van der Waals surface area (Å²) in [5.41, 5.74) is 0.735. The minimum absolute atomic E-state index is 0.640. The van der Waals surface area contributed by atoms with Gasteiger partial charge in [-0.25, -0.2) is 4.98 Å². The van der Waals surface area contributed by atoms with Crippen molar-refractivity contribution in [2.45, 2.75) is 11.9 Å². The highest BCUT2D eigenvalue weighted by molar-refractivity contribution is 7.80. The number of furan rings is 1. The molecule has 0 unspecified atom stereocenters. The van der Waals surface area contributed by atoms with E-state index < -0.39 is 0 Å². The molecule has 114 valence electrons. The van der Waals surface area contributed by atoms with E-state index in [0.717, 1.165) is 11.4 Å². The van der Waals surface area contributed by atoms with Crippen LogP contribution in [-0.4, -0.2) is 23.8 Å². The van der Waals surface area contributed by atoms with E-state index in [1.165, 1.54) is 0 Å². The maximum atomic E-state index is 5.69. The Kier molecular flexibility index (Phi) is 3.85. The van der Waals surface area contributed by atoms with Crippen LogP contribution < -0.4 is 9.47 Å². The molecule has 0 N–H and O–H groups in total. The van der Waals surface area contributed by atoms with Crippen molar-refractivity contribution in [1.82, 2.24) is 9.55 Å². The molecule has 22 heavy (non-hydrogen) atoms. The molecule has 0 amide bonds. The average Bonchev–Trinajstić information content (AvgIpc) is 3.12. The highest BCUT2D eigenvalue weighted by Crippen LogP contribution is 2.37. The quantitative estimate of drug-likeness (QED) is 0.745. The first kappa shape index (κ1) is 14.6. The van der Waals surface area contributed by atoms with E-state index in [1.54, 1.807) is 20.4 Å². The van der Waals surface area contributed by atoms with Gasteiger partial charge in [-0.2, -0.15) is 0 Å². The molecule has 5 nitrogen and oxygen atoms in total. The Morgan fingerprint density at radius 2 is 1.77 bits per heavy atom. The number of imidazole rings is 1. The van der Waals surface area contributed by atoms with Gasteiger partial charge in [0.15, 0.2) is 11.6 Å². The van der Waals surface area contributed by atoms with Crippen molar-refractivity contribution in [2.75, 3.05) is 14.2 Å². The number of methoxy groups -OCH3 is 2. The molecule has 0 saturated heterocycles. The van der Waals surface area contributed by atoms with Crippen LogP contribution >= 0.6 is 12.6 Å². The number of thiol groups is 1. The predicted octanol–water partition coefficient (Wildman–Crippen LogP) is 3.75. The molecule has 6 heteroatoms. The number of ether oxygens (including phenoxy) is 2.